The molecule has 0 amide bonds. The van der Waals surface area contributed by atoms with E-state index >= 15 is 8.78 Å². The van der Waals surface area contributed by atoms with Crippen LogP contribution in [0.25, 0.3) is 0 Å². The lowest BCUT2D eigenvalue weighted by Crippen LogP contribution is -2.55. The Bertz CT molecular complexity index is 1350. The summed E-state index contributed by atoms with van der Waals surface area (Å²) in [6.07, 6.45) is 1.80. The molecule has 2 bridgehead atoms. The zero-order chi connectivity index (χ0) is 30.3. The summed E-state index contributed by atoms with van der Waals surface area (Å²) >= 11 is 0. The first-order valence-corrected chi connectivity index (χ1v) is 15.8. The third-order valence-electron chi connectivity index (χ3n) is 9.08. The molecule has 2 aromatic rings. The summed E-state index contributed by atoms with van der Waals surface area (Å²) in [5, 5.41) is 0. The van der Waals surface area contributed by atoms with Crippen molar-refractivity contribution < 1.29 is 39.9 Å². The van der Waals surface area contributed by atoms with E-state index in [2.05, 4.69) is 0 Å². The summed E-state index contributed by atoms with van der Waals surface area (Å²) in [7, 11) is -4.65. The molecule has 230 valence electrons. The number of Topliss-reactive ketones (excluding diaryl/α,β-unsaturated/α-hetero) is 1. The number of nitrogens with one attached hydrogen (secondary N) is 1. The van der Waals surface area contributed by atoms with Gasteiger partial charge in [-0.05, 0) is 92.7 Å². The molecule has 3 saturated carbocycles. The summed E-state index contributed by atoms with van der Waals surface area (Å²) in [5.41, 5.74) is 4.06. The standard InChI is InChI=1S/C30H35F5N2O4S/c31-29(32,21-7-9-22(10-8-21)30(33,34)35)28(27(38)26-19-5-6-20(26)16-23(36)15-19)37-42(39,40)25-13-11-24(12-14-25)41-17-18-3-1-2-4-18/h7-14,18-20,23,26,28,37H,1-6,15-17,36H2/t19?,20?,23?,26?,28-/m0/s1. The van der Waals surface area contributed by atoms with E-state index in [1.807, 2.05) is 4.72 Å². The first-order valence-electron chi connectivity index (χ1n) is 14.4. The summed E-state index contributed by atoms with van der Waals surface area (Å²) in [6.45, 7) is 0.494. The summed E-state index contributed by atoms with van der Waals surface area (Å²) in [6, 6.07) is 4.74. The number of nitrogens with two attached hydrogens (primary N) is 1. The van der Waals surface area contributed by atoms with Crippen LogP contribution >= 0.6 is 0 Å². The van der Waals surface area contributed by atoms with E-state index in [1.54, 1.807) is 0 Å². The van der Waals surface area contributed by atoms with Crippen LogP contribution in [0.2, 0.25) is 0 Å². The van der Waals surface area contributed by atoms with Crippen molar-refractivity contribution in [3.8, 4) is 5.75 Å². The highest BCUT2D eigenvalue weighted by atomic mass is 32.2. The van der Waals surface area contributed by atoms with Gasteiger partial charge in [-0.2, -0.15) is 26.7 Å². The molecule has 3 atom stereocenters. The quantitative estimate of drug-likeness (QED) is 0.318. The molecule has 3 aliphatic rings. The van der Waals surface area contributed by atoms with Crippen LogP contribution in [0.4, 0.5) is 22.0 Å². The average Bonchev–Trinajstić information content (AvgIpc) is 3.56. The van der Waals surface area contributed by atoms with Gasteiger partial charge in [-0.3, -0.25) is 4.79 Å². The Morgan fingerprint density at radius 3 is 1.98 bits per heavy atom. The van der Waals surface area contributed by atoms with Gasteiger partial charge in [-0.25, -0.2) is 8.42 Å². The number of fused-ring (bicyclic) bond motifs is 2. The van der Waals surface area contributed by atoms with Crippen molar-refractivity contribution in [2.45, 2.75) is 80.4 Å². The lowest BCUT2D eigenvalue weighted by Gasteiger charge is -2.36. The third-order valence-corrected chi connectivity index (χ3v) is 10.5. The molecule has 0 aromatic heterocycles. The number of ketones is 1. The molecule has 3 aliphatic carbocycles. The molecule has 2 unspecified atom stereocenters. The fourth-order valence-corrected chi connectivity index (χ4v) is 8.13. The number of benzene rings is 2. The molecule has 5 rings (SSSR count). The van der Waals surface area contributed by atoms with Crippen LogP contribution in [-0.4, -0.2) is 32.9 Å². The molecule has 12 heteroatoms. The summed E-state index contributed by atoms with van der Waals surface area (Å²) in [4.78, 5) is 13.5. The molecule has 6 nitrogen and oxygen atoms in total. The molecule has 3 N–H and O–H groups in total. The van der Waals surface area contributed by atoms with Crippen molar-refractivity contribution in [2.75, 3.05) is 6.61 Å². The second-order valence-corrected chi connectivity index (χ2v) is 13.7. The number of ether oxygens (including phenoxy) is 1. The smallest absolute Gasteiger partial charge is 0.416 e. The molecule has 0 spiro atoms. The van der Waals surface area contributed by atoms with Crippen molar-refractivity contribution >= 4 is 15.8 Å². The van der Waals surface area contributed by atoms with E-state index in [0.29, 0.717) is 68.2 Å². The Labute approximate surface area is 242 Å². The van der Waals surface area contributed by atoms with Gasteiger partial charge in [-0.15, -0.1) is 0 Å². The molecule has 0 saturated heterocycles. The van der Waals surface area contributed by atoms with Gasteiger partial charge in [0, 0.05) is 17.5 Å². The Morgan fingerprint density at radius 2 is 1.43 bits per heavy atom. The Morgan fingerprint density at radius 1 is 0.881 bits per heavy atom. The predicted molar refractivity (Wildman–Crippen MR) is 145 cm³/mol. The highest BCUT2D eigenvalue weighted by Gasteiger charge is 2.55. The minimum Gasteiger partial charge on any atom is -0.493 e. The molecule has 0 radical (unpaired) electrons. The minimum atomic E-state index is -4.75. The SMILES string of the molecule is NC1CC2CCC(C1)C2C(=O)[C@H](NS(=O)(=O)c1ccc(OCC2CCCC2)cc1)C(F)(F)c1ccc(C(F)(F)F)cc1. The second kappa shape index (κ2) is 11.8. The van der Waals surface area contributed by atoms with Crippen molar-refractivity contribution in [1.82, 2.24) is 4.72 Å². The van der Waals surface area contributed by atoms with E-state index in [4.69, 9.17) is 10.5 Å². The summed E-state index contributed by atoms with van der Waals surface area (Å²) in [5.74, 6) is -5.62. The summed E-state index contributed by atoms with van der Waals surface area (Å²) < 4.78 is 106. The van der Waals surface area contributed by atoms with Gasteiger partial charge in [0.2, 0.25) is 10.0 Å². The maximum absolute atomic E-state index is 16.1. The van der Waals surface area contributed by atoms with Crippen LogP contribution in [0.5, 0.6) is 5.75 Å². The van der Waals surface area contributed by atoms with Crippen LogP contribution in [0.3, 0.4) is 0 Å². The topological polar surface area (TPSA) is 98.5 Å². The van der Waals surface area contributed by atoms with Crippen molar-refractivity contribution in [1.29, 1.82) is 0 Å². The molecule has 2 aromatic carbocycles. The van der Waals surface area contributed by atoms with E-state index in [1.165, 1.54) is 24.3 Å². The van der Waals surface area contributed by atoms with Gasteiger partial charge in [0.1, 0.15) is 11.8 Å². The first kappa shape index (κ1) is 30.9. The van der Waals surface area contributed by atoms with E-state index in [-0.39, 0.29) is 22.8 Å². The number of hydrogen-bond donors (Lipinski definition) is 2. The maximum atomic E-state index is 16.1. The maximum Gasteiger partial charge on any atom is 0.416 e. The third kappa shape index (κ3) is 6.50. The van der Waals surface area contributed by atoms with Crippen LogP contribution in [-0.2, 0) is 26.9 Å². The molecular weight excluding hydrogens is 579 g/mol. The van der Waals surface area contributed by atoms with Gasteiger partial charge in [0.25, 0.3) is 5.92 Å². The number of alkyl halides is 5. The predicted octanol–water partition coefficient (Wildman–Crippen LogP) is 6.05. The molecule has 0 aliphatic heterocycles. The number of rotatable bonds is 10. The fraction of sp³-hybridized carbons (Fsp3) is 0.567. The fourth-order valence-electron chi connectivity index (χ4n) is 6.92. The largest absolute Gasteiger partial charge is 0.493 e. The van der Waals surface area contributed by atoms with Gasteiger partial charge >= 0.3 is 6.18 Å². The Hall–Kier alpha value is -2.57. The van der Waals surface area contributed by atoms with Crippen molar-refractivity contribution in [3.63, 3.8) is 0 Å². The van der Waals surface area contributed by atoms with Gasteiger partial charge in [-0.1, -0.05) is 25.0 Å². The lowest BCUT2D eigenvalue weighted by atomic mass is 9.72. The highest BCUT2D eigenvalue weighted by Crippen LogP contribution is 2.49. The second-order valence-electron chi connectivity index (χ2n) is 11.9. The van der Waals surface area contributed by atoms with Crippen molar-refractivity contribution in [3.05, 3.63) is 59.7 Å². The number of carbonyl (C=O) groups excluding carboxylic acids is 1. The van der Waals surface area contributed by atoms with Crippen LogP contribution in [0.15, 0.2) is 53.4 Å². The lowest BCUT2D eigenvalue weighted by molar-refractivity contribution is -0.140. The van der Waals surface area contributed by atoms with Crippen LogP contribution in [0.1, 0.15) is 62.5 Å². The van der Waals surface area contributed by atoms with E-state index in [9.17, 15) is 26.4 Å². The van der Waals surface area contributed by atoms with Gasteiger partial charge in [0.15, 0.2) is 5.78 Å². The molecular formula is C30H35F5N2O4S. The van der Waals surface area contributed by atoms with Crippen LogP contribution < -0.4 is 15.2 Å². The van der Waals surface area contributed by atoms with Crippen LogP contribution in [0, 0.1) is 23.7 Å². The zero-order valence-corrected chi connectivity index (χ0v) is 23.8. The Kier molecular flexibility index (Phi) is 8.70. The van der Waals surface area contributed by atoms with Gasteiger partial charge < -0.3 is 10.5 Å². The monoisotopic (exact) mass is 614 g/mol. The number of sulfonamides is 1. The molecule has 0 heterocycles. The number of halogens is 5. The molecule has 42 heavy (non-hydrogen) atoms. The van der Waals surface area contributed by atoms with E-state index < -0.39 is 51.0 Å². The van der Waals surface area contributed by atoms with Crippen molar-refractivity contribution in [2.24, 2.45) is 29.4 Å². The number of carbonyl (C=O) groups is 1. The number of hydrogen-bond acceptors (Lipinski definition) is 5. The van der Waals surface area contributed by atoms with Gasteiger partial charge in [0.05, 0.1) is 17.1 Å². The molecule has 3 fully saturated rings. The average molecular weight is 615 g/mol. The highest BCUT2D eigenvalue weighted by molar-refractivity contribution is 7.89. The Balaban J connectivity index is 1.42. The van der Waals surface area contributed by atoms with E-state index in [0.717, 1.165) is 25.7 Å². The normalized spacial score (nSPS) is 25.9. The minimum absolute atomic E-state index is 0.175. The zero-order valence-electron chi connectivity index (χ0n) is 23.0. The first-order chi connectivity index (χ1) is 19.8.